The number of nitrogens with one attached hydrogen (secondary N) is 1. The van der Waals surface area contributed by atoms with Crippen molar-refractivity contribution in [2.45, 2.75) is 0 Å². The number of rotatable bonds is 3. The average molecular weight is 433 g/mol. The minimum Gasteiger partial charge on any atom is -0.389 e. The van der Waals surface area contributed by atoms with E-state index in [1.165, 1.54) is 3.57 Å². The lowest BCUT2D eigenvalue weighted by atomic mass is 10.2. The van der Waals surface area contributed by atoms with Crippen LogP contribution >= 0.6 is 50.7 Å². The molecule has 0 saturated carbocycles. The summed E-state index contributed by atoms with van der Waals surface area (Å²) in [5.74, 6) is 0. The van der Waals surface area contributed by atoms with Crippen LogP contribution in [0.5, 0.6) is 0 Å². The lowest BCUT2D eigenvalue weighted by Gasteiger charge is -2.10. The van der Waals surface area contributed by atoms with E-state index in [2.05, 4.69) is 56.0 Å². The van der Waals surface area contributed by atoms with Crippen LogP contribution in [0.1, 0.15) is 5.56 Å². The maximum atomic E-state index is 5.59. The Bertz CT molecular complexity index is 584. The molecule has 0 bridgehead atoms. The summed E-state index contributed by atoms with van der Waals surface area (Å²) in [6, 6.07) is 14.0. The number of hydrogen-bond acceptors (Lipinski definition) is 2. The fourth-order valence-electron chi connectivity index (χ4n) is 1.46. The second kappa shape index (κ2) is 5.99. The highest BCUT2D eigenvalue weighted by Crippen LogP contribution is 2.27. The van der Waals surface area contributed by atoms with E-state index in [0.717, 1.165) is 21.4 Å². The Morgan fingerprint density at radius 1 is 1.17 bits per heavy atom. The molecule has 0 saturated heterocycles. The Morgan fingerprint density at radius 2 is 1.83 bits per heavy atom. The molecule has 2 aromatic rings. The van der Waals surface area contributed by atoms with Gasteiger partial charge in [-0.15, -0.1) is 0 Å². The Kier molecular flexibility index (Phi) is 4.58. The molecule has 18 heavy (non-hydrogen) atoms. The topological polar surface area (TPSA) is 38.0 Å². The van der Waals surface area contributed by atoms with Crippen molar-refractivity contribution in [3.8, 4) is 0 Å². The van der Waals surface area contributed by atoms with Gasteiger partial charge in [0.1, 0.15) is 4.99 Å². The van der Waals surface area contributed by atoms with Gasteiger partial charge in [0, 0.05) is 19.3 Å². The van der Waals surface area contributed by atoms with Crippen LogP contribution < -0.4 is 11.1 Å². The van der Waals surface area contributed by atoms with Gasteiger partial charge in [-0.2, -0.15) is 0 Å². The summed E-state index contributed by atoms with van der Waals surface area (Å²) in [5.41, 5.74) is 8.47. The van der Waals surface area contributed by atoms with Crippen molar-refractivity contribution >= 4 is 67.1 Å². The zero-order valence-electron chi connectivity index (χ0n) is 9.28. The normalized spacial score (nSPS) is 10.1. The summed E-state index contributed by atoms with van der Waals surface area (Å²) in [5, 5.41) is 3.33. The number of hydrogen-bond donors (Lipinski definition) is 2. The summed E-state index contributed by atoms with van der Waals surface area (Å²) in [6.45, 7) is 0. The average Bonchev–Trinajstić information content (AvgIpc) is 2.34. The zero-order chi connectivity index (χ0) is 13.1. The zero-order valence-corrected chi connectivity index (χ0v) is 13.8. The van der Waals surface area contributed by atoms with Crippen LogP contribution in [0.2, 0.25) is 0 Å². The molecule has 2 nitrogen and oxygen atoms in total. The molecule has 0 spiro atoms. The second-order valence-electron chi connectivity index (χ2n) is 3.69. The summed E-state index contributed by atoms with van der Waals surface area (Å²) < 4.78 is 2.15. The molecular formula is C13H10BrIN2S. The predicted molar refractivity (Wildman–Crippen MR) is 92.5 cm³/mol. The summed E-state index contributed by atoms with van der Waals surface area (Å²) in [7, 11) is 0. The molecule has 0 unspecified atom stereocenters. The van der Waals surface area contributed by atoms with E-state index >= 15 is 0 Å². The van der Waals surface area contributed by atoms with Crippen LogP contribution in [-0.4, -0.2) is 4.99 Å². The van der Waals surface area contributed by atoms with Crippen LogP contribution in [0.25, 0.3) is 0 Å². The minimum absolute atomic E-state index is 0.400. The highest BCUT2D eigenvalue weighted by atomic mass is 127. The van der Waals surface area contributed by atoms with Crippen molar-refractivity contribution < 1.29 is 0 Å². The van der Waals surface area contributed by atoms with Gasteiger partial charge in [0.15, 0.2) is 0 Å². The van der Waals surface area contributed by atoms with Crippen molar-refractivity contribution in [1.29, 1.82) is 0 Å². The number of nitrogens with two attached hydrogens (primary N) is 1. The first-order valence-corrected chi connectivity index (χ1v) is 7.46. The SMILES string of the molecule is NC(=S)c1ccc(Nc2ccc(I)cc2)c(Br)c1. The highest BCUT2D eigenvalue weighted by molar-refractivity contribution is 14.1. The first-order valence-electron chi connectivity index (χ1n) is 5.18. The minimum atomic E-state index is 0.400. The maximum absolute atomic E-state index is 5.59. The number of thiocarbonyl (C=S) groups is 1. The van der Waals surface area contributed by atoms with Crippen LogP contribution in [-0.2, 0) is 0 Å². The van der Waals surface area contributed by atoms with E-state index in [1.54, 1.807) is 0 Å². The second-order valence-corrected chi connectivity index (χ2v) is 6.23. The molecule has 0 fully saturated rings. The third-order valence-electron chi connectivity index (χ3n) is 2.38. The molecule has 5 heteroatoms. The molecule has 0 aliphatic rings. The van der Waals surface area contributed by atoms with E-state index in [-0.39, 0.29) is 0 Å². The van der Waals surface area contributed by atoms with Gasteiger partial charge in [0.25, 0.3) is 0 Å². The predicted octanol–water partition coefficient (Wildman–Crippen LogP) is 4.43. The number of benzene rings is 2. The Morgan fingerprint density at radius 3 is 2.39 bits per heavy atom. The van der Waals surface area contributed by atoms with E-state index in [9.17, 15) is 0 Å². The molecule has 0 aromatic heterocycles. The molecule has 2 rings (SSSR count). The highest BCUT2D eigenvalue weighted by Gasteiger charge is 2.03. The summed E-state index contributed by atoms with van der Waals surface area (Å²) in [4.78, 5) is 0.400. The van der Waals surface area contributed by atoms with Gasteiger partial charge in [-0.1, -0.05) is 12.2 Å². The molecule has 0 heterocycles. The van der Waals surface area contributed by atoms with Gasteiger partial charge in [0.05, 0.1) is 5.69 Å². The first kappa shape index (κ1) is 13.8. The summed E-state index contributed by atoms with van der Waals surface area (Å²) in [6.07, 6.45) is 0. The van der Waals surface area contributed by atoms with Crippen LogP contribution in [0.15, 0.2) is 46.9 Å². The monoisotopic (exact) mass is 432 g/mol. The molecule has 0 aliphatic heterocycles. The van der Waals surface area contributed by atoms with Crippen LogP contribution in [0, 0.1) is 3.57 Å². The van der Waals surface area contributed by atoms with Crippen LogP contribution in [0.4, 0.5) is 11.4 Å². The molecule has 3 N–H and O–H groups in total. The third-order valence-corrected chi connectivity index (χ3v) is 3.99. The first-order chi connectivity index (χ1) is 8.56. The molecule has 0 atom stereocenters. The number of anilines is 2. The van der Waals surface area contributed by atoms with Gasteiger partial charge < -0.3 is 11.1 Å². The van der Waals surface area contributed by atoms with Crippen molar-refractivity contribution in [1.82, 2.24) is 0 Å². The fourth-order valence-corrected chi connectivity index (χ4v) is 2.42. The van der Waals surface area contributed by atoms with Gasteiger partial charge in [-0.3, -0.25) is 0 Å². The van der Waals surface area contributed by atoms with Gasteiger partial charge >= 0.3 is 0 Å². The number of halogens is 2. The van der Waals surface area contributed by atoms with E-state index in [0.29, 0.717) is 4.99 Å². The quantitative estimate of drug-likeness (QED) is 0.556. The maximum Gasteiger partial charge on any atom is 0.104 e. The molecule has 0 amide bonds. The van der Waals surface area contributed by atoms with Crippen LogP contribution in [0.3, 0.4) is 0 Å². The van der Waals surface area contributed by atoms with E-state index < -0.39 is 0 Å². The molecule has 0 aliphatic carbocycles. The van der Waals surface area contributed by atoms with E-state index in [1.807, 2.05) is 30.3 Å². The molecular weight excluding hydrogens is 423 g/mol. The standard InChI is InChI=1S/C13H10BrIN2S/c14-11-7-8(13(16)18)1-6-12(11)17-10-4-2-9(15)3-5-10/h1-7,17H,(H2,16,18). The van der Waals surface area contributed by atoms with Gasteiger partial charge in [-0.25, -0.2) is 0 Å². The van der Waals surface area contributed by atoms with Gasteiger partial charge in [-0.05, 0) is 81.0 Å². The molecule has 2 aromatic carbocycles. The van der Waals surface area contributed by atoms with E-state index in [4.69, 9.17) is 18.0 Å². The Balaban J connectivity index is 2.24. The Hall–Kier alpha value is -0.660. The third kappa shape index (κ3) is 3.43. The molecule has 92 valence electrons. The Labute approximate surface area is 133 Å². The van der Waals surface area contributed by atoms with Gasteiger partial charge in [0.2, 0.25) is 0 Å². The molecule has 0 radical (unpaired) electrons. The smallest absolute Gasteiger partial charge is 0.104 e. The summed E-state index contributed by atoms with van der Waals surface area (Å²) >= 11 is 10.7. The largest absolute Gasteiger partial charge is 0.389 e. The fraction of sp³-hybridized carbons (Fsp3) is 0. The van der Waals surface area contributed by atoms with Crippen molar-refractivity contribution in [2.75, 3.05) is 5.32 Å². The van der Waals surface area contributed by atoms with Crippen molar-refractivity contribution in [3.05, 3.63) is 56.1 Å². The lowest BCUT2D eigenvalue weighted by Crippen LogP contribution is -2.09. The van der Waals surface area contributed by atoms with Crippen molar-refractivity contribution in [2.24, 2.45) is 5.73 Å². The lowest BCUT2D eigenvalue weighted by molar-refractivity contribution is 1.50. The van der Waals surface area contributed by atoms with Crippen molar-refractivity contribution in [3.63, 3.8) is 0 Å².